The molecule has 150 valence electrons. The third-order valence-corrected chi connectivity index (χ3v) is 6.36. The van der Waals surface area contributed by atoms with Crippen molar-refractivity contribution >= 4 is 22.6 Å². The summed E-state index contributed by atoms with van der Waals surface area (Å²) in [5.74, 6) is -0.668. The lowest BCUT2D eigenvalue weighted by Crippen LogP contribution is -2.46. The Hall–Kier alpha value is -2.93. The van der Waals surface area contributed by atoms with E-state index in [4.69, 9.17) is 5.73 Å². The number of rotatable bonds is 5. The summed E-state index contributed by atoms with van der Waals surface area (Å²) in [5, 5.41) is 4.51. The fraction of sp³-hybridized carbons (Fsp3) is 0.364. The summed E-state index contributed by atoms with van der Waals surface area (Å²) in [4.78, 5) is 21.9. The Kier molecular flexibility index (Phi) is 4.47. The first-order valence-corrected chi connectivity index (χ1v) is 10.1. The first-order chi connectivity index (χ1) is 14.1. The zero-order valence-electron chi connectivity index (χ0n) is 16.1. The van der Waals surface area contributed by atoms with Crippen LogP contribution in [0.25, 0.3) is 11.0 Å². The predicted molar refractivity (Wildman–Crippen MR) is 110 cm³/mol. The van der Waals surface area contributed by atoms with E-state index in [9.17, 15) is 9.18 Å². The minimum atomic E-state index is -0.472. The average molecular weight is 393 g/mol. The first-order valence-electron chi connectivity index (χ1n) is 10.1. The van der Waals surface area contributed by atoms with Gasteiger partial charge in [-0.25, -0.2) is 9.37 Å². The summed E-state index contributed by atoms with van der Waals surface area (Å²) < 4.78 is 13.2. The highest BCUT2D eigenvalue weighted by Gasteiger charge is 2.40. The van der Waals surface area contributed by atoms with Gasteiger partial charge in [0.05, 0.1) is 11.3 Å². The third kappa shape index (κ3) is 3.35. The van der Waals surface area contributed by atoms with E-state index < -0.39 is 5.91 Å². The molecule has 2 aliphatic heterocycles. The van der Waals surface area contributed by atoms with Crippen LogP contribution < -0.4 is 11.1 Å². The normalized spacial score (nSPS) is 24.1. The highest BCUT2D eigenvalue weighted by molar-refractivity contribution is 6.05. The molecule has 2 bridgehead atoms. The Labute approximate surface area is 168 Å². The molecule has 0 saturated carbocycles. The van der Waals surface area contributed by atoms with Gasteiger partial charge in [0, 0.05) is 42.5 Å². The van der Waals surface area contributed by atoms with E-state index in [0.29, 0.717) is 17.6 Å². The van der Waals surface area contributed by atoms with Crippen molar-refractivity contribution in [1.82, 2.24) is 14.9 Å². The smallest absolute Gasteiger partial charge is 0.252 e. The Morgan fingerprint density at radius 3 is 2.62 bits per heavy atom. The number of H-pyrrole nitrogens is 1. The summed E-state index contributed by atoms with van der Waals surface area (Å²) in [7, 11) is 0. The Morgan fingerprint density at radius 2 is 1.93 bits per heavy atom. The maximum atomic E-state index is 13.2. The summed E-state index contributed by atoms with van der Waals surface area (Å²) in [6.45, 7) is 0.853. The van der Waals surface area contributed by atoms with Gasteiger partial charge in [0.25, 0.3) is 5.91 Å². The number of amides is 1. The van der Waals surface area contributed by atoms with E-state index in [1.54, 1.807) is 6.20 Å². The van der Waals surface area contributed by atoms with Crippen molar-refractivity contribution in [3.8, 4) is 0 Å². The van der Waals surface area contributed by atoms with Gasteiger partial charge in [-0.05, 0) is 49.4 Å². The number of aromatic nitrogens is 2. The average Bonchev–Trinajstić information content (AvgIpc) is 3.26. The lowest BCUT2D eigenvalue weighted by Gasteiger charge is -2.39. The molecule has 0 unspecified atom stereocenters. The summed E-state index contributed by atoms with van der Waals surface area (Å²) >= 11 is 0. The van der Waals surface area contributed by atoms with Crippen molar-refractivity contribution in [1.29, 1.82) is 0 Å². The Bertz CT molecular complexity index is 1030. The van der Waals surface area contributed by atoms with Crippen LogP contribution in [0.1, 0.15) is 41.6 Å². The molecule has 2 aromatic heterocycles. The molecule has 5 rings (SSSR count). The van der Waals surface area contributed by atoms with Crippen molar-refractivity contribution in [3.05, 3.63) is 59.7 Å². The van der Waals surface area contributed by atoms with Crippen molar-refractivity contribution in [3.63, 3.8) is 0 Å². The number of hydrogen-bond acceptors (Lipinski definition) is 4. The molecule has 6 nitrogen and oxygen atoms in total. The van der Waals surface area contributed by atoms with Gasteiger partial charge >= 0.3 is 0 Å². The topological polar surface area (TPSA) is 87.0 Å². The van der Waals surface area contributed by atoms with E-state index in [0.717, 1.165) is 41.7 Å². The number of nitrogens with two attached hydrogens (primary N) is 1. The molecule has 3 aromatic rings. The lowest BCUT2D eigenvalue weighted by molar-refractivity contribution is 0.100. The number of piperidine rings is 1. The highest BCUT2D eigenvalue weighted by atomic mass is 19.1. The maximum Gasteiger partial charge on any atom is 0.252 e. The van der Waals surface area contributed by atoms with Crippen LogP contribution in [0.5, 0.6) is 0 Å². The molecule has 2 fully saturated rings. The fourth-order valence-electron chi connectivity index (χ4n) is 5.01. The minimum Gasteiger partial charge on any atom is -0.381 e. The molecular formula is C22H24FN5O. The molecule has 2 saturated heterocycles. The highest BCUT2D eigenvalue weighted by Crippen LogP contribution is 2.39. The van der Waals surface area contributed by atoms with Gasteiger partial charge in [0.15, 0.2) is 0 Å². The number of nitrogens with one attached hydrogen (secondary N) is 2. The number of anilines is 1. The number of primary amides is 1. The zero-order chi connectivity index (χ0) is 20.0. The van der Waals surface area contributed by atoms with Gasteiger partial charge in [-0.2, -0.15) is 0 Å². The van der Waals surface area contributed by atoms with Crippen LogP contribution >= 0.6 is 0 Å². The van der Waals surface area contributed by atoms with E-state index in [1.165, 1.54) is 25.0 Å². The van der Waals surface area contributed by atoms with Crippen molar-refractivity contribution in [2.75, 3.05) is 5.32 Å². The second-order valence-electron chi connectivity index (χ2n) is 8.15. The van der Waals surface area contributed by atoms with Gasteiger partial charge in [-0.1, -0.05) is 12.1 Å². The van der Waals surface area contributed by atoms with Crippen LogP contribution in [0.15, 0.2) is 42.7 Å². The molecule has 1 aromatic carbocycles. The van der Waals surface area contributed by atoms with Crippen molar-refractivity contribution < 1.29 is 9.18 Å². The van der Waals surface area contributed by atoms with Crippen LogP contribution in [0.3, 0.4) is 0 Å². The van der Waals surface area contributed by atoms with E-state index >= 15 is 0 Å². The van der Waals surface area contributed by atoms with Crippen LogP contribution in [-0.2, 0) is 6.54 Å². The first kappa shape index (κ1) is 18.1. The number of halogens is 1. The van der Waals surface area contributed by atoms with Crippen LogP contribution in [-0.4, -0.2) is 38.9 Å². The number of carbonyl (C=O) groups is 1. The van der Waals surface area contributed by atoms with Gasteiger partial charge in [-0.15, -0.1) is 0 Å². The fourth-order valence-corrected chi connectivity index (χ4v) is 5.01. The van der Waals surface area contributed by atoms with E-state index in [1.807, 2.05) is 24.4 Å². The van der Waals surface area contributed by atoms with Crippen LogP contribution in [0, 0.1) is 5.82 Å². The number of benzene rings is 1. The van der Waals surface area contributed by atoms with Crippen molar-refractivity contribution in [2.45, 2.75) is 50.4 Å². The maximum absolute atomic E-state index is 13.2. The largest absolute Gasteiger partial charge is 0.381 e. The molecular weight excluding hydrogens is 369 g/mol. The molecule has 3 atom stereocenters. The molecule has 0 spiro atoms. The molecule has 4 heterocycles. The van der Waals surface area contributed by atoms with Crippen LogP contribution in [0.4, 0.5) is 10.1 Å². The molecule has 29 heavy (non-hydrogen) atoms. The Morgan fingerprint density at radius 1 is 1.21 bits per heavy atom. The monoisotopic (exact) mass is 393 g/mol. The van der Waals surface area contributed by atoms with Gasteiger partial charge in [0.1, 0.15) is 11.5 Å². The molecule has 0 aliphatic carbocycles. The standard InChI is InChI=1S/C22H24FN5O/c23-14-3-1-13(2-4-14)12-28-16-5-6-17(28)10-15(9-16)27-20-18-7-8-25-22(18)26-11-19(20)21(24)29/h1-4,7-8,11,15-17H,5-6,9-10,12H2,(H2,24,29)(H2,25,26,27)/t15-,16-,17+. The molecule has 0 radical (unpaired) electrons. The third-order valence-electron chi connectivity index (χ3n) is 6.36. The van der Waals surface area contributed by atoms with Gasteiger partial charge in [0.2, 0.25) is 0 Å². The minimum absolute atomic E-state index is 0.196. The summed E-state index contributed by atoms with van der Waals surface area (Å²) in [5.41, 5.74) is 8.70. The van der Waals surface area contributed by atoms with Crippen molar-refractivity contribution in [2.24, 2.45) is 5.73 Å². The van der Waals surface area contributed by atoms with E-state index in [2.05, 4.69) is 20.2 Å². The number of hydrogen-bond donors (Lipinski definition) is 3. The molecule has 4 N–H and O–H groups in total. The van der Waals surface area contributed by atoms with E-state index in [-0.39, 0.29) is 11.9 Å². The number of pyridine rings is 1. The number of nitrogens with zero attached hydrogens (tertiary/aromatic N) is 2. The SMILES string of the molecule is NC(=O)c1cnc2[nH]ccc2c1N[C@@H]1C[C@H]2CC[C@@H](C1)N2Cc1ccc(F)cc1. The number of fused-ring (bicyclic) bond motifs is 3. The molecule has 2 aliphatic rings. The van der Waals surface area contributed by atoms with Gasteiger partial charge < -0.3 is 16.0 Å². The lowest BCUT2D eigenvalue weighted by atomic mass is 9.95. The number of aromatic amines is 1. The molecule has 1 amide bonds. The quantitative estimate of drug-likeness (QED) is 0.620. The Balaban J connectivity index is 1.35. The second kappa shape index (κ2) is 7.15. The second-order valence-corrected chi connectivity index (χ2v) is 8.15. The number of carbonyl (C=O) groups excluding carboxylic acids is 1. The zero-order valence-corrected chi connectivity index (χ0v) is 16.1. The molecule has 7 heteroatoms. The predicted octanol–water partition coefficient (Wildman–Crippen LogP) is 3.41. The summed E-state index contributed by atoms with van der Waals surface area (Å²) in [6, 6.07) is 9.97. The van der Waals surface area contributed by atoms with Gasteiger partial charge in [-0.3, -0.25) is 9.69 Å². The summed E-state index contributed by atoms with van der Waals surface area (Å²) in [6.07, 6.45) is 7.71. The van der Waals surface area contributed by atoms with Crippen LogP contribution in [0.2, 0.25) is 0 Å².